The number of ether oxygens (including phenoxy) is 1. The van der Waals surface area contributed by atoms with Crippen molar-refractivity contribution >= 4 is 0 Å². The number of methoxy groups -OCH3 is 1. The Hall–Kier alpha value is -1.87. The summed E-state index contributed by atoms with van der Waals surface area (Å²) in [6.45, 7) is 0. The Balaban J connectivity index is 2.06. The molecule has 1 aliphatic rings. The number of benzene rings is 1. The number of hydrogen-bond donors (Lipinski definition) is 1. The zero-order chi connectivity index (χ0) is 12.5. The van der Waals surface area contributed by atoms with Gasteiger partial charge in [-0.2, -0.15) is 0 Å². The lowest BCUT2D eigenvalue weighted by atomic mass is 10.1. The molecule has 2 aromatic rings. The zero-order valence-electron chi connectivity index (χ0n) is 10.4. The van der Waals surface area contributed by atoms with E-state index >= 15 is 0 Å². The summed E-state index contributed by atoms with van der Waals surface area (Å²) in [6, 6.07) is 12.4. The van der Waals surface area contributed by atoms with Crippen LogP contribution >= 0.6 is 0 Å². The number of pyridine rings is 1. The fraction of sp³-hybridized carbons (Fsp3) is 0.267. The van der Waals surface area contributed by atoms with Crippen molar-refractivity contribution in [2.75, 3.05) is 7.11 Å². The Morgan fingerprint density at radius 3 is 2.83 bits per heavy atom. The van der Waals surface area contributed by atoms with Crippen LogP contribution in [0.4, 0.5) is 0 Å². The van der Waals surface area contributed by atoms with Crippen LogP contribution in [0.25, 0.3) is 11.3 Å². The van der Waals surface area contributed by atoms with Crippen LogP contribution in [0.3, 0.4) is 0 Å². The Kier molecular flexibility index (Phi) is 2.76. The summed E-state index contributed by atoms with van der Waals surface area (Å²) in [6.07, 6.45) is 1.81. The fourth-order valence-corrected chi connectivity index (χ4v) is 2.50. The van der Waals surface area contributed by atoms with Gasteiger partial charge in [-0.05, 0) is 30.2 Å². The van der Waals surface area contributed by atoms with Crippen molar-refractivity contribution < 1.29 is 4.74 Å². The summed E-state index contributed by atoms with van der Waals surface area (Å²) in [5.74, 6) is 0.854. The molecular weight excluding hydrogens is 224 g/mol. The molecule has 0 aliphatic heterocycles. The summed E-state index contributed by atoms with van der Waals surface area (Å²) < 4.78 is 5.38. The molecular formula is C15H16N2O. The lowest BCUT2D eigenvalue weighted by molar-refractivity contribution is 0.416. The second-order valence-electron chi connectivity index (χ2n) is 4.67. The van der Waals surface area contributed by atoms with Crippen molar-refractivity contribution in [3.8, 4) is 17.0 Å². The Morgan fingerprint density at radius 1 is 1.17 bits per heavy atom. The molecule has 3 heteroatoms. The highest BCUT2D eigenvalue weighted by molar-refractivity contribution is 5.67. The van der Waals surface area contributed by atoms with Crippen LogP contribution in [0.15, 0.2) is 36.4 Å². The maximum Gasteiger partial charge on any atom is 0.128 e. The smallest absolute Gasteiger partial charge is 0.128 e. The first-order valence-electron chi connectivity index (χ1n) is 6.15. The van der Waals surface area contributed by atoms with Crippen LogP contribution in [-0.4, -0.2) is 18.1 Å². The molecule has 1 aliphatic carbocycles. The first-order chi connectivity index (χ1) is 8.78. The largest absolute Gasteiger partial charge is 0.496 e. The summed E-state index contributed by atoms with van der Waals surface area (Å²) in [5, 5.41) is 0. The first kappa shape index (κ1) is 11.2. The number of fused-ring (bicyclic) bond motifs is 1. The second-order valence-corrected chi connectivity index (χ2v) is 4.67. The SMILES string of the molecule is COc1ccccc1-c1ccc2c(n1)CC(N)C2. The molecule has 0 bridgehead atoms. The van der Waals surface area contributed by atoms with Crippen LogP contribution in [0.5, 0.6) is 5.75 Å². The van der Waals surface area contributed by atoms with Gasteiger partial charge in [0.25, 0.3) is 0 Å². The van der Waals surface area contributed by atoms with Gasteiger partial charge in [0.1, 0.15) is 5.75 Å². The van der Waals surface area contributed by atoms with Crippen LogP contribution in [-0.2, 0) is 12.8 Å². The van der Waals surface area contributed by atoms with Crippen LogP contribution in [0, 0.1) is 0 Å². The molecule has 1 aromatic heterocycles. The number of aromatic nitrogens is 1. The zero-order valence-corrected chi connectivity index (χ0v) is 10.4. The first-order valence-corrected chi connectivity index (χ1v) is 6.15. The average Bonchev–Trinajstić information content (AvgIpc) is 2.77. The lowest BCUT2D eigenvalue weighted by Gasteiger charge is -2.08. The Morgan fingerprint density at radius 2 is 2.00 bits per heavy atom. The predicted molar refractivity (Wildman–Crippen MR) is 71.6 cm³/mol. The average molecular weight is 240 g/mol. The molecule has 3 nitrogen and oxygen atoms in total. The topological polar surface area (TPSA) is 48.1 Å². The van der Waals surface area contributed by atoms with Gasteiger partial charge in [-0.1, -0.05) is 18.2 Å². The van der Waals surface area contributed by atoms with E-state index in [9.17, 15) is 0 Å². The van der Waals surface area contributed by atoms with Gasteiger partial charge in [-0.15, -0.1) is 0 Å². The summed E-state index contributed by atoms with van der Waals surface area (Å²) >= 11 is 0. The third-order valence-electron chi connectivity index (χ3n) is 3.39. The highest BCUT2D eigenvalue weighted by Gasteiger charge is 2.20. The minimum absolute atomic E-state index is 0.223. The number of nitrogens with zero attached hydrogens (tertiary/aromatic N) is 1. The van der Waals surface area contributed by atoms with Crippen LogP contribution < -0.4 is 10.5 Å². The normalized spacial score (nSPS) is 17.6. The van der Waals surface area contributed by atoms with Crippen molar-refractivity contribution in [3.63, 3.8) is 0 Å². The monoisotopic (exact) mass is 240 g/mol. The Labute approximate surface area is 107 Å². The predicted octanol–water partition coefficient (Wildman–Crippen LogP) is 2.18. The fourth-order valence-electron chi connectivity index (χ4n) is 2.50. The van der Waals surface area contributed by atoms with E-state index in [0.29, 0.717) is 0 Å². The molecule has 1 unspecified atom stereocenters. The molecule has 0 saturated carbocycles. The van der Waals surface area contributed by atoms with E-state index in [-0.39, 0.29) is 6.04 Å². The maximum atomic E-state index is 5.97. The van der Waals surface area contributed by atoms with Crippen molar-refractivity contribution in [1.29, 1.82) is 0 Å². The molecule has 0 saturated heterocycles. The molecule has 92 valence electrons. The molecule has 0 amide bonds. The van der Waals surface area contributed by atoms with Gasteiger partial charge in [-0.3, -0.25) is 4.98 Å². The van der Waals surface area contributed by atoms with Crippen molar-refractivity contribution in [2.45, 2.75) is 18.9 Å². The molecule has 0 fully saturated rings. The number of nitrogens with two attached hydrogens (primary N) is 1. The number of hydrogen-bond acceptors (Lipinski definition) is 3. The molecule has 1 aromatic carbocycles. The van der Waals surface area contributed by atoms with Crippen LogP contribution in [0.1, 0.15) is 11.3 Å². The standard InChI is InChI=1S/C15H16N2O/c1-18-15-5-3-2-4-12(15)13-7-6-10-8-11(16)9-14(10)17-13/h2-7,11H,8-9,16H2,1H3. The van der Waals surface area contributed by atoms with E-state index < -0.39 is 0 Å². The van der Waals surface area contributed by atoms with Gasteiger partial charge >= 0.3 is 0 Å². The van der Waals surface area contributed by atoms with Gasteiger partial charge < -0.3 is 10.5 Å². The van der Waals surface area contributed by atoms with E-state index in [2.05, 4.69) is 12.1 Å². The highest BCUT2D eigenvalue weighted by Crippen LogP contribution is 2.30. The Bertz CT molecular complexity index is 580. The molecule has 0 radical (unpaired) electrons. The minimum atomic E-state index is 0.223. The van der Waals surface area contributed by atoms with E-state index in [1.807, 2.05) is 24.3 Å². The number of rotatable bonds is 2. The second kappa shape index (κ2) is 4.42. The van der Waals surface area contributed by atoms with Gasteiger partial charge in [0.2, 0.25) is 0 Å². The third kappa shape index (κ3) is 1.87. The lowest BCUT2D eigenvalue weighted by Crippen LogP contribution is -2.19. The third-order valence-corrected chi connectivity index (χ3v) is 3.39. The highest BCUT2D eigenvalue weighted by atomic mass is 16.5. The van der Waals surface area contributed by atoms with E-state index in [4.69, 9.17) is 15.5 Å². The summed E-state index contributed by atoms with van der Waals surface area (Å²) in [5.41, 5.74) is 10.4. The van der Waals surface area contributed by atoms with Crippen molar-refractivity contribution in [2.24, 2.45) is 5.73 Å². The quantitative estimate of drug-likeness (QED) is 0.875. The van der Waals surface area contributed by atoms with E-state index in [1.165, 1.54) is 5.56 Å². The van der Waals surface area contributed by atoms with Gasteiger partial charge in [0.15, 0.2) is 0 Å². The number of para-hydroxylation sites is 1. The maximum absolute atomic E-state index is 5.97. The van der Waals surface area contributed by atoms with E-state index in [1.54, 1.807) is 7.11 Å². The summed E-state index contributed by atoms with van der Waals surface area (Å²) in [4.78, 5) is 4.72. The molecule has 1 heterocycles. The molecule has 2 N–H and O–H groups in total. The van der Waals surface area contributed by atoms with Gasteiger partial charge in [-0.25, -0.2) is 0 Å². The molecule has 0 spiro atoms. The summed E-state index contributed by atoms with van der Waals surface area (Å²) in [7, 11) is 1.68. The minimum Gasteiger partial charge on any atom is -0.496 e. The van der Waals surface area contributed by atoms with E-state index in [0.717, 1.165) is 35.5 Å². The van der Waals surface area contributed by atoms with Crippen molar-refractivity contribution in [3.05, 3.63) is 47.7 Å². The van der Waals surface area contributed by atoms with Gasteiger partial charge in [0.05, 0.1) is 12.8 Å². The van der Waals surface area contributed by atoms with Crippen molar-refractivity contribution in [1.82, 2.24) is 4.98 Å². The van der Waals surface area contributed by atoms with Gasteiger partial charge in [0, 0.05) is 23.7 Å². The van der Waals surface area contributed by atoms with Crippen LogP contribution in [0.2, 0.25) is 0 Å². The molecule has 18 heavy (non-hydrogen) atoms. The molecule has 1 atom stereocenters. The molecule has 3 rings (SSSR count).